The molecule has 18 heavy (non-hydrogen) atoms. The van der Waals surface area contributed by atoms with Crippen molar-refractivity contribution in [2.45, 2.75) is 53.5 Å². The normalized spacial score (nSPS) is 12.3. The summed E-state index contributed by atoms with van der Waals surface area (Å²) in [7, 11) is 2.03. The number of hydrogen-bond acceptors (Lipinski definition) is 3. The van der Waals surface area contributed by atoms with Crippen molar-refractivity contribution in [3.8, 4) is 0 Å². The Balaban J connectivity index is 2.83. The van der Waals surface area contributed by atoms with Gasteiger partial charge >= 0.3 is 0 Å². The molecule has 0 fully saturated rings. The molecule has 1 N–H and O–H groups in total. The van der Waals surface area contributed by atoms with E-state index in [0.29, 0.717) is 11.3 Å². The van der Waals surface area contributed by atoms with Crippen molar-refractivity contribution in [2.24, 2.45) is 11.3 Å². The number of nitrogens with one attached hydrogen (secondary N) is 1. The Bertz CT molecular complexity index is 339. The zero-order chi connectivity index (χ0) is 13.6. The van der Waals surface area contributed by atoms with E-state index in [0.717, 1.165) is 25.3 Å². The number of nitrogens with zero attached hydrogens (tertiary/aromatic N) is 3. The summed E-state index contributed by atoms with van der Waals surface area (Å²) in [6.07, 6.45) is 5.03. The number of hydrogen-bond donors (Lipinski definition) is 1. The lowest BCUT2D eigenvalue weighted by Crippen LogP contribution is -2.34. The van der Waals surface area contributed by atoms with Gasteiger partial charge in [-0.1, -0.05) is 27.7 Å². The van der Waals surface area contributed by atoms with Gasteiger partial charge in [-0.05, 0) is 31.2 Å². The maximum Gasteiger partial charge on any atom is 0.138 e. The van der Waals surface area contributed by atoms with Gasteiger partial charge in [-0.2, -0.15) is 5.10 Å². The van der Waals surface area contributed by atoms with E-state index >= 15 is 0 Å². The molecule has 0 amide bonds. The van der Waals surface area contributed by atoms with Crippen molar-refractivity contribution in [1.82, 2.24) is 20.1 Å². The van der Waals surface area contributed by atoms with Crippen molar-refractivity contribution in [3.63, 3.8) is 0 Å². The second-order valence-electron chi connectivity index (χ2n) is 5.67. The minimum Gasteiger partial charge on any atom is -0.319 e. The molecule has 0 radical (unpaired) electrons. The van der Waals surface area contributed by atoms with Gasteiger partial charge in [0.2, 0.25) is 0 Å². The van der Waals surface area contributed by atoms with E-state index in [1.165, 1.54) is 12.8 Å². The highest BCUT2D eigenvalue weighted by atomic mass is 15.3. The SMILES string of the molecule is CCC(CC)(CNC)Cc1ncnn1CC(C)C. The van der Waals surface area contributed by atoms with Crippen LogP contribution >= 0.6 is 0 Å². The largest absolute Gasteiger partial charge is 0.319 e. The van der Waals surface area contributed by atoms with Crippen LogP contribution in [0.25, 0.3) is 0 Å². The molecule has 0 aliphatic heterocycles. The zero-order valence-electron chi connectivity index (χ0n) is 12.5. The molecule has 0 aliphatic rings. The van der Waals surface area contributed by atoms with Crippen LogP contribution in [0.15, 0.2) is 6.33 Å². The Morgan fingerprint density at radius 3 is 2.50 bits per heavy atom. The Morgan fingerprint density at radius 2 is 2.00 bits per heavy atom. The molecule has 0 saturated carbocycles. The van der Waals surface area contributed by atoms with Crippen molar-refractivity contribution in [3.05, 3.63) is 12.2 Å². The summed E-state index contributed by atoms with van der Waals surface area (Å²) < 4.78 is 2.07. The van der Waals surface area contributed by atoms with E-state index in [9.17, 15) is 0 Å². The molecule has 0 atom stereocenters. The molecule has 1 aromatic heterocycles. The van der Waals surface area contributed by atoms with Gasteiger partial charge in [0, 0.05) is 19.5 Å². The van der Waals surface area contributed by atoms with E-state index < -0.39 is 0 Å². The Labute approximate surface area is 111 Å². The van der Waals surface area contributed by atoms with Crippen molar-refractivity contribution in [2.75, 3.05) is 13.6 Å². The molecule has 4 nitrogen and oxygen atoms in total. The van der Waals surface area contributed by atoms with Crippen LogP contribution in [0.4, 0.5) is 0 Å². The predicted molar refractivity (Wildman–Crippen MR) is 75.5 cm³/mol. The monoisotopic (exact) mass is 252 g/mol. The molecular formula is C14H28N4. The third-order valence-corrected chi connectivity index (χ3v) is 3.82. The van der Waals surface area contributed by atoms with E-state index in [-0.39, 0.29) is 0 Å². The fraction of sp³-hybridized carbons (Fsp3) is 0.857. The maximum atomic E-state index is 4.46. The minimum atomic E-state index is 0.302. The molecule has 1 heterocycles. The van der Waals surface area contributed by atoms with Gasteiger partial charge < -0.3 is 5.32 Å². The first kappa shape index (κ1) is 15.2. The van der Waals surface area contributed by atoms with E-state index in [4.69, 9.17) is 0 Å². The molecule has 1 aromatic rings. The average molecular weight is 252 g/mol. The van der Waals surface area contributed by atoms with Crippen LogP contribution < -0.4 is 5.32 Å². The topological polar surface area (TPSA) is 42.7 Å². The van der Waals surface area contributed by atoms with Gasteiger partial charge in [0.25, 0.3) is 0 Å². The third kappa shape index (κ3) is 3.80. The van der Waals surface area contributed by atoms with Crippen LogP contribution in [-0.2, 0) is 13.0 Å². The second-order valence-corrected chi connectivity index (χ2v) is 5.67. The number of rotatable bonds is 8. The molecule has 0 bridgehead atoms. The molecule has 0 aromatic carbocycles. The van der Waals surface area contributed by atoms with Crippen LogP contribution in [-0.4, -0.2) is 28.4 Å². The fourth-order valence-corrected chi connectivity index (χ4v) is 2.45. The van der Waals surface area contributed by atoms with Crippen molar-refractivity contribution >= 4 is 0 Å². The van der Waals surface area contributed by atoms with Crippen LogP contribution in [0.3, 0.4) is 0 Å². The first-order chi connectivity index (χ1) is 8.56. The molecular weight excluding hydrogens is 224 g/mol. The van der Waals surface area contributed by atoms with Crippen molar-refractivity contribution in [1.29, 1.82) is 0 Å². The molecule has 104 valence electrons. The van der Waals surface area contributed by atoms with Gasteiger partial charge in [0.1, 0.15) is 12.2 Å². The molecule has 0 spiro atoms. The van der Waals surface area contributed by atoms with Crippen LogP contribution in [0.2, 0.25) is 0 Å². The quantitative estimate of drug-likeness (QED) is 0.773. The summed E-state index contributed by atoms with van der Waals surface area (Å²) in [5.74, 6) is 1.73. The Kier molecular flexibility index (Phi) is 5.79. The fourth-order valence-electron chi connectivity index (χ4n) is 2.45. The van der Waals surface area contributed by atoms with E-state index in [1.807, 2.05) is 7.05 Å². The zero-order valence-corrected chi connectivity index (χ0v) is 12.5. The standard InChI is InChI=1S/C14H28N4/c1-6-14(7-2,10-15-5)8-13-16-11-17-18(13)9-12(3)4/h11-12,15H,6-10H2,1-5H3. The summed E-state index contributed by atoms with van der Waals surface area (Å²) >= 11 is 0. The average Bonchev–Trinajstić information content (AvgIpc) is 2.75. The first-order valence-electron chi connectivity index (χ1n) is 7.08. The van der Waals surface area contributed by atoms with Crippen LogP contribution in [0.1, 0.15) is 46.4 Å². The van der Waals surface area contributed by atoms with Crippen LogP contribution in [0.5, 0.6) is 0 Å². The van der Waals surface area contributed by atoms with Gasteiger partial charge in [-0.25, -0.2) is 9.67 Å². The summed E-state index contributed by atoms with van der Waals surface area (Å²) in [6.45, 7) is 11.0. The molecule has 0 saturated heterocycles. The van der Waals surface area contributed by atoms with Gasteiger partial charge in [-0.15, -0.1) is 0 Å². The molecule has 0 unspecified atom stereocenters. The smallest absolute Gasteiger partial charge is 0.138 e. The lowest BCUT2D eigenvalue weighted by atomic mass is 9.79. The third-order valence-electron chi connectivity index (χ3n) is 3.82. The number of aromatic nitrogens is 3. The molecule has 4 heteroatoms. The Morgan fingerprint density at radius 1 is 1.33 bits per heavy atom. The highest BCUT2D eigenvalue weighted by Gasteiger charge is 2.28. The highest BCUT2D eigenvalue weighted by Crippen LogP contribution is 2.29. The summed E-state index contributed by atoms with van der Waals surface area (Å²) in [5, 5.41) is 7.68. The lowest BCUT2D eigenvalue weighted by Gasteiger charge is -2.31. The summed E-state index contributed by atoms with van der Waals surface area (Å²) in [5.41, 5.74) is 0.302. The molecule has 1 rings (SSSR count). The van der Waals surface area contributed by atoms with E-state index in [1.54, 1.807) is 6.33 Å². The van der Waals surface area contributed by atoms with Gasteiger partial charge in [0.05, 0.1) is 0 Å². The maximum absolute atomic E-state index is 4.46. The Hall–Kier alpha value is -0.900. The van der Waals surface area contributed by atoms with E-state index in [2.05, 4.69) is 47.8 Å². The van der Waals surface area contributed by atoms with Gasteiger partial charge in [-0.3, -0.25) is 0 Å². The first-order valence-corrected chi connectivity index (χ1v) is 7.08. The molecule has 0 aliphatic carbocycles. The van der Waals surface area contributed by atoms with Crippen molar-refractivity contribution < 1.29 is 0 Å². The van der Waals surface area contributed by atoms with Gasteiger partial charge in [0.15, 0.2) is 0 Å². The van der Waals surface area contributed by atoms with Crippen LogP contribution in [0, 0.1) is 11.3 Å². The summed E-state index contributed by atoms with van der Waals surface area (Å²) in [4.78, 5) is 4.46. The lowest BCUT2D eigenvalue weighted by molar-refractivity contribution is 0.242. The predicted octanol–water partition coefficient (Wildman–Crippen LogP) is 2.50. The summed E-state index contributed by atoms with van der Waals surface area (Å²) in [6, 6.07) is 0. The minimum absolute atomic E-state index is 0.302. The second kappa shape index (κ2) is 6.88. The highest BCUT2D eigenvalue weighted by molar-refractivity contribution is 4.94.